The highest BCUT2D eigenvalue weighted by molar-refractivity contribution is 9.28. The lowest BCUT2D eigenvalue weighted by Gasteiger charge is -2.10. The Morgan fingerprint density at radius 1 is 1.11 bits per heavy atom. The van der Waals surface area contributed by atoms with Gasteiger partial charge in [0.1, 0.15) is 0 Å². The summed E-state index contributed by atoms with van der Waals surface area (Å²) in [7, 11) is 3.46. The van der Waals surface area contributed by atoms with Crippen molar-refractivity contribution in [3.05, 3.63) is 9.47 Å². The molecule has 4 nitrogen and oxygen atoms in total. The number of rotatable bonds is 3. The van der Waals surface area contributed by atoms with Crippen molar-refractivity contribution in [1.82, 2.24) is 9.80 Å². The molecule has 0 heterocycles. The van der Waals surface area contributed by atoms with Gasteiger partial charge < -0.3 is 9.80 Å². The first-order chi connectivity index (χ1) is 8.72. The Kier molecular flexibility index (Phi) is 14.0. The van der Waals surface area contributed by atoms with Crippen LogP contribution in [0.2, 0.25) is 0 Å². The number of carbonyl (C=O) groups excluding carboxylic acids is 2. The Labute approximate surface area is 140 Å². The van der Waals surface area contributed by atoms with Gasteiger partial charge in [-0.25, -0.2) is 0 Å². The molecule has 108 valence electrons. The molecule has 0 N–H and O–H groups in total. The molecule has 0 atom stereocenters. The highest BCUT2D eigenvalue weighted by Gasteiger charge is 1.97. The Hall–Kier alpha value is -0.320. The molecule has 0 aromatic heterocycles. The van der Waals surface area contributed by atoms with Crippen LogP contribution in [0.15, 0.2) is 9.47 Å². The van der Waals surface area contributed by atoms with E-state index < -0.39 is 0 Å². The molecule has 0 aromatic carbocycles. The van der Waals surface area contributed by atoms with Crippen LogP contribution in [0, 0.1) is 10.8 Å². The smallest absolute Gasteiger partial charge is 0.219 e. The van der Waals surface area contributed by atoms with E-state index in [1.165, 1.54) is 18.7 Å². The quantitative estimate of drug-likeness (QED) is 0.608. The number of nitrogens with zero attached hydrogens (tertiary/aromatic N) is 2. The van der Waals surface area contributed by atoms with Gasteiger partial charge in [0.25, 0.3) is 0 Å². The molecule has 19 heavy (non-hydrogen) atoms. The van der Waals surface area contributed by atoms with E-state index >= 15 is 0 Å². The van der Waals surface area contributed by atoms with Crippen LogP contribution in [0.4, 0.5) is 0 Å². The van der Waals surface area contributed by atoms with Gasteiger partial charge in [0, 0.05) is 50.4 Å². The van der Waals surface area contributed by atoms with Gasteiger partial charge in [0.15, 0.2) is 0 Å². The van der Waals surface area contributed by atoms with Crippen molar-refractivity contribution in [3.63, 3.8) is 0 Å². The fourth-order valence-corrected chi connectivity index (χ4v) is 1.01. The van der Waals surface area contributed by atoms with Crippen molar-refractivity contribution < 1.29 is 9.59 Å². The molecule has 0 fully saturated rings. The number of hydrogen-bond donors (Lipinski definition) is 0. The molecule has 0 aliphatic heterocycles. The number of likely N-dealkylation sites (N-methyl/N-ethyl adjacent to an activating group) is 1. The number of amides is 2. The van der Waals surface area contributed by atoms with Gasteiger partial charge in [-0.2, -0.15) is 0 Å². The molecule has 0 saturated carbocycles. The minimum atomic E-state index is 0.0326. The molecular formula is C12H17Br3N2O2. The second-order valence-electron chi connectivity index (χ2n) is 3.54. The van der Waals surface area contributed by atoms with Crippen molar-refractivity contribution in [2.75, 3.05) is 27.2 Å². The van der Waals surface area contributed by atoms with Crippen molar-refractivity contribution in [2.45, 2.75) is 13.8 Å². The average molecular weight is 461 g/mol. The number of carbonyl (C=O) groups is 2. The largest absolute Gasteiger partial charge is 0.342 e. The van der Waals surface area contributed by atoms with E-state index in [0.29, 0.717) is 13.1 Å². The Balaban J connectivity index is 0. The third-order valence-corrected chi connectivity index (χ3v) is 2.91. The van der Waals surface area contributed by atoms with Crippen LogP contribution >= 0.6 is 47.8 Å². The maximum atomic E-state index is 10.6. The summed E-state index contributed by atoms with van der Waals surface area (Å²) in [5.41, 5.74) is 0. The standard InChI is InChI=1S/C6H9Br2NO.C6H8BrNO/c1-5(10)9(2)4-3-6(7)8;1-6(9)8(2)5-3-4-7/h3H,4H2,1-2H3;5H2,1-2H3. The van der Waals surface area contributed by atoms with Crippen molar-refractivity contribution >= 4 is 59.6 Å². The predicted octanol–water partition coefficient (Wildman–Crippen LogP) is 2.92. The first kappa shape index (κ1) is 21.0. The van der Waals surface area contributed by atoms with Gasteiger partial charge in [-0.05, 0) is 42.8 Å². The topological polar surface area (TPSA) is 40.6 Å². The van der Waals surface area contributed by atoms with Gasteiger partial charge in [0.2, 0.25) is 11.8 Å². The first-order valence-electron chi connectivity index (χ1n) is 5.25. The summed E-state index contributed by atoms with van der Waals surface area (Å²) < 4.78 is 0.869. The summed E-state index contributed by atoms with van der Waals surface area (Å²) in [6.45, 7) is 4.16. The lowest BCUT2D eigenvalue weighted by molar-refractivity contribution is -0.127. The number of halogens is 3. The molecule has 0 radical (unpaired) electrons. The Bertz CT molecular complexity index is 382. The van der Waals surface area contributed by atoms with E-state index in [4.69, 9.17) is 0 Å². The predicted molar refractivity (Wildman–Crippen MR) is 89.3 cm³/mol. The minimum Gasteiger partial charge on any atom is -0.342 e. The van der Waals surface area contributed by atoms with Gasteiger partial charge in [-0.1, -0.05) is 5.92 Å². The van der Waals surface area contributed by atoms with Crippen molar-refractivity contribution in [1.29, 1.82) is 0 Å². The highest BCUT2D eigenvalue weighted by Crippen LogP contribution is 2.11. The molecule has 0 rings (SSSR count). The van der Waals surface area contributed by atoms with E-state index in [-0.39, 0.29) is 11.8 Å². The summed E-state index contributed by atoms with van der Waals surface area (Å²) in [4.78, 5) is 26.8. The van der Waals surface area contributed by atoms with Crippen LogP contribution in [-0.2, 0) is 9.59 Å². The van der Waals surface area contributed by atoms with E-state index in [1.54, 1.807) is 19.0 Å². The lowest BCUT2D eigenvalue weighted by atomic mass is 10.5. The summed E-state index contributed by atoms with van der Waals surface area (Å²) >= 11 is 9.31. The third kappa shape index (κ3) is 15.6. The molecule has 0 aliphatic carbocycles. The third-order valence-electron chi connectivity index (χ3n) is 1.98. The second-order valence-corrected chi connectivity index (χ2v) is 6.71. The monoisotopic (exact) mass is 458 g/mol. The molecule has 0 aliphatic rings. The van der Waals surface area contributed by atoms with Gasteiger partial charge in [0.05, 0.1) is 9.94 Å². The fourth-order valence-electron chi connectivity index (χ4n) is 0.594. The van der Waals surface area contributed by atoms with E-state index in [9.17, 15) is 9.59 Å². The Morgan fingerprint density at radius 3 is 1.89 bits per heavy atom. The molecule has 0 aromatic rings. The highest BCUT2D eigenvalue weighted by atomic mass is 79.9. The van der Waals surface area contributed by atoms with E-state index in [0.717, 1.165) is 3.39 Å². The van der Waals surface area contributed by atoms with Crippen LogP contribution in [0.25, 0.3) is 0 Å². The Morgan fingerprint density at radius 2 is 1.58 bits per heavy atom. The SMILES string of the molecule is CC(=O)N(C)CC#CBr.CC(=O)N(C)CC=C(Br)Br. The summed E-state index contributed by atoms with van der Waals surface area (Å²) in [6, 6.07) is 0. The van der Waals surface area contributed by atoms with Crippen LogP contribution in [0.1, 0.15) is 13.8 Å². The van der Waals surface area contributed by atoms with Crippen LogP contribution in [0.5, 0.6) is 0 Å². The molecule has 2 amide bonds. The van der Waals surface area contributed by atoms with E-state index in [1.807, 2.05) is 6.08 Å². The molecule has 0 spiro atoms. The summed E-state index contributed by atoms with van der Waals surface area (Å²) in [6.07, 6.45) is 1.86. The fraction of sp³-hybridized carbons (Fsp3) is 0.500. The maximum Gasteiger partial charge on any atom is 0.219 e. The van der Waals surface area contributed by atoms with Crippen molar-refractivity contribution in [3.8, 4) is 10.8 Å². The van der Waals surface area contributed by atoms with Crippen molar-refractivity contribution in [2.24, 2.45) is 0 Å². The van der Waals surface area contributed by atoms with Gasteiger partial charge in [-0.15, -0.1) is 0 Å². The number of hydrogen-bond acceptors (Lipinski definition) is 2. The van der Waals surface area contributed by atoms with Crippen LogP contribution in [-0.4, -0.2) is 48.8 Å². The molecule has 0 bridgehead atoms. The first-order valence-corrected chi connectivity index (χ1v) is 7.63. The molecule has 0 unspecified atom stereocenters. The lowest BCUT2D eigenvalue weighted by Crippen LogP contribution is -2.23. The second kappa shape index (κ2) is 12.7. The molecule has 0 saturated heterocycles. The molecular weight excluding hydrogens is 444 g/mol. The zero-order chi connectivity index (χ0) is 15.4. The van der Waals surface area contributed by atoms with Crippen LogP contribution in [0.3, 0.4) is 0 Å². The maximum absolute atomic E-state index is 10.6. The molecule has 7 heteroatoms. The average Bonchev–Trinajstić information content (AvgIpc) is 2.33. The zero-order valence-corrected chi connectivity index (χ0v) is 16.1. The summed E-state index contributed by atoms with van der Waals surface area (Å²) in [5, 5.41) is 0. The normalized spacial score (nSPS) is 8.16. The van der Waals surface area contributed by atoms with Crippen LogP contribution < -0.4 is 0 Å². The minimum absolute atomic E-state index is 0.0326. The van der Waals surface area contributed by atoms with E-state index in [2.05, 4.69) is 58.5 Å². The summed E-state index contributed by atoms with van der Waals surface area (Å²) in [5.74, 6) is 2.80. The zero-order valence-electron chi connectivity index (χ0n) is 11.3. The van der Waals surface area contributed by atoms with Gasteiger partial charge in [-0.3, -0.25) is 9.59 Å². The van der Waals surface area contributed by atoms with Gasteiger partial charge >= 0.3 is 0 Å².